The summed E-state index contributed by atoms with van der Waals surface area (Å²) in [6.45, 7) is 2.82. The van der Waals surface area contributed by atoms with E-state index in [1.54, 1.807) is 12.1 Å². The summed E-state index contributed by atoms with van der Waals surface area (Å²) in [5.74, 6) is -1.11. The number of anilines is 1. The van der Waals surface area contributed by atoms with Crippen LogP contribution in [0.2, 0.25) is 0 Å². The molecule has 1 fully saturated rings. The number of piperidine rings is 1. The van der Waals surface area contributed by atoms with Gasteiger partial charge in [-0.1, -0.05) is 18.2 Å². The lowest BCUT2D eigenvalue weighted by Gasteiger charge is -2.40. The summed E-state index contributed by atoms with van der Waals surface area (Å²) in [6, 6.07) is 13.9. The van der Waals surface area contributed by atoms with Gasteiger partial charge in [0.15, 0.2) is 0 Å². The number of alkyl halides is 3. The molecule has 5 rings (SSSR count). The molecule has 3 aromatic rings. The van der Waals surface area contributed by atoms with Crippen molar-refractivity contribution in [2.75, 3.05) is 17.4 Å². The second-order valence-electron chi connectivity index (χ2n) is 9.91. The standard InChI is InChI=1S/C28H27F4N3O3S/c1-18-27(12-14-33-15-13-27)24-16-19(26(36)34-17-20-4-2-3-5-23(20)28(30,31)32)6-11-25(24)35(18)39(37,38)22-9-7-21(29)8-10-22/h2-11,16,18,33H,12-15,17H2,1H3,(H,34,36). The van der Waals surface area contributed by atoms with E-state index in [-0.39, 0.29) is 22.6 Å². The fourth-order valence-electron chi connectivity index (χ4n) is 5.77. The number of carbonyl (C=O) groups excluding carboxylic acids is 1. The van der Waals surface area contributed by atoms with Gasteiger partial charge in [0.2, 0.25) is 0 Å². The summed E-state index contributed by atoms with van der Waals surface area (Å²) < 4.78 is 82.5. The van der Waals surface area contributed by atoms with Crippen LogP contribution in [-0.2, 0) is 28.2 Å². The molecular weight excluding hydrogens is 534 g/mol. The van der Waals surface area contributed by atoms with Crippen molar-refractivity contribution in [3.05, 3.63) is 94.8 Å². The zero-order valence-electron chi connectivity index (χ0n) is 21.1. The SMILES string of the molecule is CC1N(S(=O)(=O)c2ccc(F)cc2)c2ccc(C(=O)NCc3ccccc3C(F)(F)F)cc2C12CCNCC2. The first kappa shape index (κ1) is 27.1. The van der Waals surface area contributed by atoms with E-state index in [0.29, 0.717) is 37.2 Å². The Morgan fingerprint density at radius 3 is 2.38 bits per heavy atom. The Labute approximate surface area is 224 Å². The molecule has 1 amide bonds. The van der Waals surface area contributed by atoms with Gasteiger partial charge in [0, 0.05) is 17.5 Å². The van der Waals surface area contributed by atoms with Crippen molar-refractivity contribution in [3.8, 4) is 0 Å². The molecule has 206 valence electrons. The van der Waals surface area contributed by atoms with E-state index >= 15 is 0 Å². The van der Waals surface area contributed by atoms with E-state index in [4.69, 9.17) is 0 Å². The normalized spacial score (nSPS) is 18.7. The summed E-state index contributed by atoms with van der Waals surface area (Å²) in [5.41, 5.74) is -0.0853. The summed E-state index contributed by atoms with van der Waals surface area (Å²) in [7, 11) is -4.05. The maximum atomic E-state index is 13.8. The monoisotopic (exact) mass is 561 g/mol. The molecule has 39 heavy (non-hydrogen) atoms. The first-order valence-electron chi connectivity index (χ1n) is 12.5. The minimum absolute atomic E-state index is 0.0437. The Kier molecular flexibility index (Phi) is 6.92. The second-order valence-corrected chi connectivity index (χ2v) is 11.7. The van der Waals surface area contributed by atoms with Crippen LogP contribution >= 0.6 is 0 Å². The Bertz CT molecular complexity index is 1500. The van der Waals surface area contributed by atoms with Crippen molar-refractivity contribution in [3.63, 3.8) is 0 Å². The highest BCUT2D eigenvalue weighted by Crippen LogP contribution is 2.52. The zero-order chi connectivity index (χ0) is 28.0. The zero-order valence-corrected chi connectivity index (χ0v) is 21.9. The van der Waals surface area contributed by atoms with Crippen LogP contribution in [0.5, 0.6) is 0 Å². The third kappa shape index (κ3) is 4.78. The number of benzene rings is 3. The number of hydrogen-bond donors (Lipinski definition) is 2. The van der Waals surface area contributed by atoms with Crippen LogP contribution in [0, 0.1) is 5.82 Å². The molecule has 11 heteroatoms. The smallest absolute Gasteiger partial charge is 0.348 e. The quantitative estimate of drug-likeness (QED) is 0.430. The molecule has 0 bridgehead atoms. The van der Waals surface area contributed by atoms with Crippen LogP contribution in [0.1, 0.15) is 46.8 Å². The second kappa shape index (κ2) is 9.95. The van der Waals surface area contributed by atoms with E-state index in [1.807, 2.05) is 6.92 Å². The fourth-order valence-corrected chi connectivity index (χ4v) is 7.52. The van der Waals surface area contributed by atoms with Gasteiger partial charge in [-0.05, 0) is 92.5 Å². The van der Waals surface area contributed by atoms with Gasteiger partial charge in [-0.25, -0.2) is 12.8 Å². The number of hydrogen-bond acceptors (Lipinski definition) is 4. The van der Waals surface area contributed by atoms with Crippen molar-refractivity contribution in [1.29, 1.82) is 0 Å². The number of nitrogens with one attached hydrogen (secondary N) is 2. The number of carbonyl (C=O) groups is 1. The molecule has 3 aromatic carbocycles. The topological polar surface area (TPSA) is 78.5 Å². The lowest BCUT2D eigenvalue weighted by atomic mass is 9.70. The highest BCUT2D eigenvalue weighted by molar-refractivity contribution is 7.92. The van der Waals surface area contributed by atoms with Gasteiger partial charge in [0.05, 0.1) is 22.2 Å². The number of rotatable bonds is 5. The molecule has 2 N–H and O–H groups in total. The maximum Gasteiger partial charge on any atom is 0.416 e. The molecule has 2 aliphatic rings. The van der Waals surface area contributed by atoms with Gasteiger partial charge in [-0.15, -0.1) is 0 Å². The molecule has 0 radical (unpaired) electrons. The van der Waals surface area contributed by atoms with Gasteiger partial charge >= 0.3 is 6.18 Å². The van der Waals surface area contributed by atoms with E-state index in [1.165, 1.54) is 40.7 Å². The van der Waals surface area contributed by atoms with Crippen molar-refractivity contribution < 1.29 is 30.8 Å². The Morgan fingerprint density at radius 2 is 1.72 bits per heavy atom. The van der Waals surface area contributed by atoms with Gasteiger partial charge in [0.1, 0.15) is 5.82 Å². The van der Waals surface area contributed by atoms with Gasteiger partial charge < -0.3 is 10.6 Å². The fraction of sp³-hybridized carbons (Fsp3) is 0.321. The number of fused-ring (bicyclic) bond motifs is 2. The van der Waals surface area contributed by atoms with E-state index in [0.717, 1.165) is 18.2 Å². The van der Waals surface area contributed by atoms with Crippen LogP contribution in [-0.4, -0.2) is 33.5 Å². The summed E-state index contributed by atoms with van der Waals surface area (Å²) in [5, 5.41) is 5.87. The minimum Gasteiger partial charge on any atom is -0.348 e. The summed E-state index contributed by atoms with van der Waals surface area (Å²) >= 11 is 0. The summed E-state index contributed by atoms with van der Waals surface area (Å²) in [6.07, 6.45) is -3.30. The third-order valence-electron chi connectivity index (χ3n) is 7.81. The predicted octanol–water partition coefficient (Wildman–Crippen LogP) is 4.99. The van der Waals surface area contributed by atoms with Gasteiger partial charge in [-0.3, -0.25) is 9.10 Å². The van der Waals surface area contributed by atoms with Gasteiger partial charge in [0.25, 0.3) is 15.9 Å². The Morgan fingerprint density at radius 1 is 1.05 bits per heavy atom. The van der Waals surface area contributed by atoms with E-state index in [2.05, 4.69) is 10.6 Å². The molecule has 6 nitrogen and oxygen atoms in total. The number of amides is 1. The van der Waals surface area contributed by atoms with Crippen molar-refractivity contribution in [2.45, 2.75) is 48.8 Å². The highest BCUT2D eigenvalue weighted by Gasteiger charge is 2.53. The molecule has 1 saturated heterocycles. The summed E-state index contributed by atoms with van der Waals surface area (Å²) in [4.78, 5) is 13.0. The molecule has 0 aliphatic carbocycles. The van der Waals surface area contributed by atoms with Crippen LogP contribution in [0.3, 0.4) is 0 Å². The average Bonchev–Trinajstić information content (AvgIpc) is 3.14. The molecule has 1 atom stereocenters. The number of nitrogens with zero attached hydrogens (tertiary/aromatic N) is 1. The first-order chi connectivity index (χ1) is 18.4. The lowest BCUT2D eigenvalue weighted by Crippen LogP contribution is -2.50. The molecule has 0 aromatic heterocycles. The Hall–Kier alpha value is -3.44. The van der Waals surface area contributed by atoms with Crippen molar-refractivity contribution in [1.82, 2.24) is 10.6 Å². The van der Waals surface area contributed by atoms with Crippen LogP contribution in [0.15, 0.2) is 71.6 Å². The van der Waals surface area contributed by atoms with Crippen LogP contribution in [0.25, 0.3) is 0 Å². The predicted molar refractivity (Wildman–Crippen MR) is 138 cm³/mol. The molecule has 2 heterocycles. The molecule has 1 spiro atoms. The van der Waals surface area contributed by atoms with Crippen LogP contribution < -0.4 is 14.9 Å². The maximum absolute atomic E-state index is 13.8. The first-order valence-corrected chi connectivity index (χ1v) is 14.0. The average molecular weight is 562 g/mol. The molecule has 1 unspecified atom stereocenters. The van der Waals surface area contributed by atoms with Gasteiger partial charge in [-0.2, -0.15) is 13.2 Å². The third-order valence-corrected chi connectivity index (χ3v) is 9.71. The molecular formula is C28H27F4N3O3S. The van der Waals surface area contributed by atoms with Crippen molar-refractivity contribution in [2.24, 2.45) is 0 Å². The number of sulfonamides is 1. The van der Waals surface area contributed by atoms with E-state index < -0.39 is 44.9 Å². The van der Waals surface area contributed by atoms with E-state index in [9.17, 15) is 30.8 Å². The lowest BCUT2D eigenvalue weighted by molar-refractivity contribution is -0.138. The number of halogens is 4. The molecule has 2 aliphatic heterocycles. The minimum atomic E-state index is -4.55. The van der Waals surface area contributed by atoms with Crippen LogP contribution in [0.4, 0.5) is 23.2 Å². The van der Waals surface area contributed by atoms with Crippen molar-refractivity contribution >= 4 is 21.6 Å². The Balaban J connectivity index is 1.50. The molecule has 0 saturated carbocycles. The highest BCUT2D eigenvalue weighted by atomic mass is 32.2. The largest absolute Gasteiger partial charge is 0.416 e.